The largest absolute Gasteiger partial charge is 0.361 e. The van der Waals surface area contributed by atoms with Crippen molar-refractivity contribution in [3.63, 3.8) is 0 Å². The van der Waals surface area contributed by atoms with Crippen molar-refractivity contribution in [1.29, 1.82) is 0 Å². The van der Waals surface area contributed by atoms with E-state index in [0.29, 0.717) is 6.54 Å². The summed E-state index contributed by atoms with van der Waals surface area (Å²) in [6, 6.07) is 4.06. The fourth-order valence-corrected chi connectivity index (χ4v) is 2.28. The number of nitrogens with zero attached hydrogens (tertiary/aromatic N) is 4. The molecule has 6 heteroatoms. The number of hydrogen-bond donors (Lipinski definition) is 1. The predicted molar refractivity (Wildman–Crippen MR) is 75.0 cm³/mol. The van der Waals surface area contributed by atoms with Crippen LogP contribution in [0.3, 0.4) is 0 Å². The van der Waals surface area contributed by atoms with E-state index < -0.39 is 0 Å². The normalized spacial score (nSPS) is 11.3. The number of rotatable bonds is 4. The Labute approximate surface area is 116 Å². The molecule has 0 saturated heterocycles. The van der Waals surface area contributed by atoms with Gasteiger partial charge in [-0.25, -0.2) is 4.98 Å². The lowest BCUT2D eigenvalue weighted by molar-refractivity contribution is 0.388. The topological polar surface area (TPSA) is 68.8 Å². The van der Waals surface area contributed by atoms with Crippen LogP contribution in [0.4, 0.5) is 0 Å². The molecule has 0 fully saturated rings. The number of hydrogen-bond acceptors (Lipinski definition) is 5. The van der Waals surface area contributed by atoms with Gasteiger partial charge in [-0.1, -0.05) is 5.16 Å². The molecule has 0 radical (unpaired) electrons. The molecule has 0 atom stereocenters. The van der Waals surface area contributed by atoms with Crippen LogP contribution in [0, 0.1) is 13.8 Å². The molecule has 104 valence electrons. The molecule has 6 nitrogen and oxygen atoms in total. The molecule has 1 N–H and O–H groups in total. The monoisotopic (exact) mass is 271 g/mol. The lowest BCUT2D eigenvalue weighted by Gasteiger charge is -2.03. The van der Waals surface area contributed by atoms with Crippen LogP contribution >= 0.6 is 0 Å². The van der Waals surface area contributed by atoms with Crippen molar-refractivity contribution in [3.05, 3.63) is 41.0 Å². The summed E-state index contributed by atoms with van der Waals surface area (Å²) in [6.07, 6.45) is 1.88. The van der Waals surface area contributed by atoms with Gasteiger partial charge in [-0.3, -0.25) is 4.68 Å². The van der Waals surface area contributed by atoms with Crippen molar-refractivity contribution in [3.8, 4) is 0 Å². The highest BCUT2D eigenvalue weighted by Crippen LogP contribution is 2.16. The Balaban J connectivity index is 1.70. The minimum atomic E-state index is 0.682. The Morgan fingerprint density at radius 1 is 1.25 bits per heavy atom. The second-order valence-electron chi connectivity index (χ2n) is 4.96. The van der Waals surface area contributed by atoms with Crippen LogP contribution in [-0.4, -0.2) is 19.9 Å². The van der Waals surface area contributed by atoms with Crippen LogP contribution in [-0.2, 0) is 20.1 Å². The lowest BCUT2D eigenvalue weighted by Crippen LogP contribution is -2.13. The van der Waals surface area contributed by atoms with Gasteiger partial charge in [0.25, 0.3) is 0 Å². The molecule has 3 aromatic rings. The highest BCUT2D eigenvalue weighted by atomic mass is 16.5. The first kappa shape index (κ1) is 12.8. The first-order valence-electron chi connectivity index (χ1n) is 6.54. The molecule has 3 rings (SSSR count). The zero-order chi connectivity index (χ0) is 14.1. The number of fused-ring (bicyclic) bond motifs is 1. The minimum absolute atomic E-state index is 0.682. The van der Waals surface area contributed by atoms with Gasteiger partial charge in [0.05, 0.1) is 11.4 Å². The van der Waals surface area contributed by atoms with E-state index in [1.54, 1.807) is 4.68 Å². The molecule has 3 heterocycles. The van der Waals surface area contributed by atoms with E-state index in [0.717, 1.165) is 40.3 Å². The highest BCUT2D eigenvalue weighted by molar-refractivity contribution is 5.78. The molecule has 3 aromatic heterocycles. The lowest BCUT2D eigenvalue weighted by atomic mass is 10.2. The van der Waals surface area contributed by atoms with Crippen molar-refractivity contribution in [2.24, 2.45) is 7.05 Å². The third-order valence-corrected chi connectivity index (χ3v) is 3.23. The second kappa shape index (κ2) is 5.05. The van der Waals surface area contributed by atoms with Crippen LogP contribution in [0.25, 0.3) is 11.0 Å². The van der Waals surface area contributed by atoms with E-state index in [4.69, 9.17) is 4.52 Å². The summed E-state index contributed by atoms with van der Waals surface area (Å²) in [5.41, 5.74) is 3.96. The SMILES string of the molecule is Cc1cc(CNCc2cnc3c(c2)c(C)nn3C)no1. The third kappa shape index (κ3) is 2.42. The fourth-order valence-electron chi connectivity index (χ4n) is 2.28. The molecule has 0 aliphatic heterocycles. The quantitative estimate of drug-likeness (QED) is 0.784. The van der Waals surface area contributed by atoms with Gasteiger partial charge in [-0.15, -0.1) is 0 Å². The van der Waals surface area contributed by atoms with E-state index in [2.05, 4.69) is 26.6 Å². The van der Waals surface area contributed by atoms with Gasteiger partial charge in [0.15, 0.2) is 5.65 Å². The summed E-state index contributed by atoms with van der Waals surface area (Å²) in [7, 11) is 1.91. The molecule has 0 aromatic carbocycles. The zero-order valence-electron chi connectivity index (χ0n) is 11.8. The summed E-state index contributed by atoms with van der Waals surface area (Å²) in [5, 5.41) is 12.8. The number of nitrogens with one attached hydrogen (secondary N) is 1. The summed E-state index contributed by atoms with van der Waals surface area (Å²) < 4.78 is 6.84. The Morgan fingerprint density at radius 2 is 2.10 bits per heavy atom. The average Bonchev–Trinajstić information content (AvgIpc) is 2.95. The van der Waals surface area contributed by atoms with Gasteiger partial charge >= 0.3 is 0 Å². The van der Waals surface area contributed by atoms with Crippen LogP contribution in [0.5, 0.6) is 0 Å². The molecule has 0 aliphatic carbocycles. The van der Waals surface area contributed by atoms with Crippen molar-refractivity contribution in [1.82, 2.24) is 25.2 Å². The van der Waals surface area contributed by atoms with Gasteiger partial charge in [-0.05, 0) is 25.5 Å². The molecule has 0 aliphatic rings. The maximum absolute atomic E-state index is 5.03. The first-order chi connectivity index (χ1) is 9.63. The smallest absolute Gasteiger partial charge is 0.157 e. The van der Waals surface area contributed by atoms with Crippen molar-refractivity contribution in [2.75, 3.05) is 0 Å². The predicted octanol–water partition coefficient (Wildman–Crippen LogP) is 1.86. The zero-order valence-corrected chi connectivity index (χ0v) is 11.8. The molecule has 0 amide bonds. The van der Waals surface area contributed by atoms with Gasteiger partial charge in [0.2, 0.25) is 0 Å². The Morgan fingerprint density at radius 3 is 2.85 bits per heavy atom. The summed E-state index contributed by atoms with van der Waals surface area (Å²) >= 11 is 0. The van der Waals surface area contributed by atoms with Crippen molar-refractivity contribution < 1.29 is 4.52 Å². The molecule has 0 unspecified atom stereocenters. The van der Waals surface area contributed by atoms with Crippen LogP contribution in [0.15, 0.2) is 22.9 Å². The van der Waals surface area contributed by atoms with Crippen LogP contribution in [0.1, 0.15) is 22.7 Å². The summed E-state index contributed by atoms with van der Waals surface area (Å²) in [4.78, 5) is 4.46. The highest BCUT2D eigenvalue weighted by Gasteiger charge is 2.07. The summed E-state index contributed by atoms with van der Waals surface area (Å²) in [6.45, 7) is 5.31. The van der Waals surface area contributed by atoms with Crippen LogP contribution < -0.4 is 5.32 Å². The van der Waals surface area contributed by atoms with Gasteiger partial charge in [0.1, 0.15) is 5.76 Å². The average molecular weight is 271 g/mol. The van der Waals surface area contributed by atoms with Crippen molar-refractivity contribution in [2.45, 2.75) is 26.9 Å². The molecular formula is C14H17N5O. The van der Waals surface area contributed by atoms with Gasteiger partial charge < -0.3 is 9.84 Å². The third-order valence-electron chi connectivity index (χ3n) is 3.23. The maximum atomic E-state index is 5.03. The standard InChI is InChI=1S/C14H17N5O/c1-9-4-12(18-20-9)8-15-6-11-5-13-10(2)17-19(3)14(13)16-7-11/h4-5,7,15H,6,8H2,1-3H3. The Kier molecular flexibility index (Phi) is 3.23. The van der Waals surface area contributed by atoms with Crippen molar-refractivity contribution >= 4 is 11.0 Å². The van der Waals surface area contributed by atoms with Crippen LogP contribution in [0.2, 0.25) is 0 Å². The molecule has 0 saturated carbocycles. The molecule has 0 bridgehead atoms. The number of pyridine rings is 1. The maximum Gasteiger partial charge on any atom is 0.157 e. The summed E-state index contributed by atoms with van der Waals surface area (Å²) in [5.74, 6) is 0.830. The van der Waals surface area contributed by atoms with E-state index in [9.17, 15) is 0 Å². The van der Waals surface area contributed by atoms with E-state index in [1.165, 1.54) is 0 Å². The minimum Gasteiger partial charge on any atom is -0.361 e. The second-order valence-corrected chi connectivity index (χ2v) is 4.96. The van der Waals surface area contributed by atoms with E-state index >= 15 is 0 Å². The Bertz CT molecular complexity index is 743. The van der Waals surface area contributed by atoms with Gasteiger partial charge in [-0.2, -0.15) is 5.10 Å². The molecule has 20 heavy (non-hydrogen) atoms. The Hall–Kier alpha value is -2.21. The number of aryl methyl sites for hydroxylation is 3. The molecular weight excluding hydrogens is 254 g/mol. The van der Waals surface area contributed by atoms with E-state index in [-0.39, 0.29) is 0 Å². The van der Waals surface area contributed by atoms with Gasteiger partial charge in [0, 0.05) is 37.8 Å². The number of aromatic nitrogens is 4. The molecule has 0 spiro atoms. The van der Waals surface area contributed by atoms with E-state index in [1.807, 2.05) is 33.2 Å². The first-order valence-corrected chi connectivity index (χ1v) is 6.54. The fraction of sp³-hybridized carbons (Fsp3) is 0.357.